The second-order valence-corrected chi connectivity index (χ2v) is 6.12. The third-order valence-corrected chi connectivity index (χ3v) is 4.28. The Labute approximate surface area is 150 Å². The van der Waals surface area contributed by atoms with Gasteiger partial charge in [-0.1, -0.05) is 53.7 Å². The molecule has 0 aliphatic heterocycles. The molecule has 0 fully saturated rings. The maximum atomic E-state index is 13.0. The summed E-state index contributed by atoms with van der Waals surface area (Å²) < 4.78 is 5.03. The van der Waals surface area contributed by atoms with Crippen molar-refractivity contribution in [1.29, 1.82) is 0 Å². The van der Waals surface area contributed by atoms with Crippen molar-refractivity contribution in [2.45, 2.75) is 13.8 Å². The van der Waals surface area contributed by atoms with Crippen molar-refractivity contribution in [1.82, 2.24) is 10.1 Å². The summed E-state index contributed by atoms with van der Waals surface area (Å²) in [5, 5.41) is 7.48. The molecule has 0 saturated heterocycles. The Morgan fingerprint density at radius 2 is 1.73 bits per heavy atom. The van der Waals surface area contributed by atoms with E-state index in [9.17, 15) is 4.79 Å². The van der Waals surface area contributed by atoms with Gasteiger partial charge in [0, 0.05) is 17.0 Å². The van der Waals surface area contributed by atoms with Crippen LogP contribution < -0.4 is 5.32 Å². The number of para-hydroxylation sites is 1. The molecule has 0 atom stereocenters. The van der Waals surface area contributed by atoms with Crippen LogP contribution in [-0.4, -0.2) is 16.0 Å². The van der Waals surface area contributed by atoms with Gasteiger partial charge in [-0.05, 0) is 25.5 Å². The van der Waals surface area contributed by atoms with Crippen molar-refractivity contribution in [2.24, 2.45) is 0 Å². The molecule has 1 amide bonds. The smallest absolute Gasteiger partial charge is 0.257 e. The van der Waals surface area contributed by atoms with Crippen LogP contribution in [-0.2, 0) is 0 Å². The third kappa shape index (κ3) is 2.84. The molecule has 1 N–H and O–H groups in total. The van der Waals surface area contributed by atoms with Gasteiger partial charge in [0.05, 0.1) is 16.8 Å². The van der Waals surface area contributed by atoms with Crippen LogP contribution in [0.4, 0.5) is 5.82 Å². The van der Waals surface area contributed by atoms with Gasteiger partial charge >= 0.3 is 0 Å². The number of pyridine rings is 1. The molecule has 0 saturated carbocycles. The first kappa shape index (κ1) is 16.0. The summed E-state index contributed by atoms with van der Waals surface area (Å²) in [6.07, 6.45) is 0. The number of nitrogens with zero attached hydrogens (tertiary/aromatic N) is 2. The number of rotatable bonds is 3. The van der Waals surface area contributed by atoms with Crippen LogP contribution >= 0.6 is 0 Å². The van der Waals surface area contributed by atoms with E-state index in [0.29, 0.717) is 17.1 Å². The predicted octanol–water partition coefficient (Wildman–Crippen LogP) is 4.76. The average Bonchev–Trinajstić information content (AvgIpc) is 3.06. The minimum absolute atomic E-state index is 0.230. The average molecular weight is 343 g/mol. The number of benzene rings is 2. The molecule has 2 heterocycles. The lowest BCUT2D eigenvalue weighted by Crippen LogP contribution is -2.15. The van der Waals surface area contributed by atoms with Gasteiger partial charge in [-0.15, -0.1) is 0 Å². The maximum absolute atomic E-state index is 13.0. The molecule has 2 aromatic heterocycles. The Bertz CT molecular complexity index is 1100. The molecule has 4 aromatic rings. The van der Waals surface area contributed by atoms with Crippen molar-refractivity contribution in [3.05, 3.63) is 77.6 Å². The highest BCUT2D eigenvalue weighted by Crippen LogP contribution is 2.30. The van der Waals surface area contributed by atoms with E-state index in [0.717, 1.165) is 27.7 Å². The molecule has 5 heteroatoms. The number of hydrogen-bond donors (Lipinski definition) is 1. The van der Waals surface area contributed by atoms with E-state index in [2.05, 4.69) is 10.5 Å². The summed E-state index contributed by atoms with van der Waals surface area (Å²) >= 11 is 0. The van der Waals surface area contributed by atoms with Crippen LogP contribution in [0.25, 0.3) is 22.2 Å². The number of fused-ring (bicyclic) bond motifs is 1. The molecule has 5 nitrogen and oxygen atoms in total. The lowest BCUT2D eigenvalue weighted by molar-refractivity contribution is 0.102. The lowest BCUT2D eigenvalue weighted by atomic mass is 9.97. The summed E-state index contributed by atoms with van der Waals surface area (Å²) in [4.78, 5) is 17.8. The summed E-state index contributed by atoms with van der Waals surface area (Å²) in [5.74, 6) is 0.808. The van der Waals surface area contributed by atoms with Crippen LogP contribution in [0, 0.1) is 13.8 Å². The molecule has 0 radical (unpaired) electrons. The zero-order valence-corrected chi connectivity index (χ0v) is 14.5. The summed E-state index contributed by atoms with van der Waals surface area (Å²) in [7, 11) is 0. The highest BCUT2D eigenvalue weighted by molar-refractivity contribution is 6.14. The van der Waals surface area contributed by atoms with Crippen LogP contribution in [0.5, 0.6) is 0 Å². The quantitative estimate of drug-likeness (QED) is 0.582. The molecule has 0 aliphatic carbocycles. The molecule has 0 unspecified atom stereocenters. The number of amides is 1. The van der Waals surface area contributed by atoms with Gasteiger partial charge in [0.25, 0.3) is 5.91 Å². The largest absolute Gasteiger partial charge is 0.360 e. The number of carbonyl (C=O) groups is 1. The second-order valence-electron chi connectivity index (χ2n) is 6.12. The maximum Gasteiger partial charge on any atom is 0.257 e. The Balaban J connectivity index is 1.89. The first-order valence-corrected chi connectivity index (χ1v) is 8.33. The SMILES string of the molecule is Cc1cc(NC(=O)c2c(C)c(-c3ccccc3)nc3ccccc23)no1. The van der Waals surface area contributed by atoms with E-state index in [1.54, 1.807) is 13.0 Å². The predicted molar refractivity (Wildman–Crippen MR) is 101 cm³/mol. The summed E-state index contributed by atoms with van der Waals surface area (Å²) in [6, 6.07) is 19.2. The third-order valence-electron chi connectivity index (χ3n) is 4.28. The zero-order chi connectivity index (χ0) is 18.1. The zero-order valence-electron chi connectivity index (χ0n) is 14.5. The van der Waals surface area contributed by atoms with Gasteiger partial charge < -0.3 is 9.84 Å². The van der Waals surface area contributed by atoms with Crippen molar-refractivity contribution in [2.75, 3.05) is 5.32 Å². The Morgan fingerprint density at radius 3 is 2.46 bits per heavy atom. The van der Waals surface area contributed by atoms with E-state index in [1.807, 2.05) is 61.5 Å². The standard InChI is InChI=1S/C21H17N3O2/c1-13-12-18(24-26-13)23-21(25)19-14(2)20(15-8-4-3-5-9-15)22-17-11-7-6-10-16(17)19/h3-12H,1-2H3,(H,23,24,25). The Hall–Kier alpha value is -3.47. The second kappa shape index (κ2) is 6.44. The van der Waals surface area contributed by atoms with Crippen LogP contribution in [0.1, 0.15) is 21.7 Å². The molecule has 2 aromatic carbocycles. The fraction of sp³-hybridized carbons (Fsp3) is 0.0952. The minimum atomic E-state index is -0.230. The van der Waals surface area contributed by atoms with Gasteiger partial charge in [-0.25, -0.2) is 4.98 Å². The lowest BCUT2D eigenvalue weighted by Gasteiger charge is -2.14. The van der Waals surface area contributed by atoms with Crippen LogP contribution in [0.3, 0.4) is 0 Å². The van der Waals surface area contributed by atoms with Gasteiger partial charge in [-0.2, -0.15) is 0 Å². The molecule has 128 valence electrons. The van der Waals surface area contributed by atoms with Gasteiger partial charge in [0.15, 0.2) is 5.82 Å². The topological polar surface area (TPSA) is 68.0 Å². The number of anilines is 1. The van der Waals surface area contributed by atoms with Crippen molar-refractivity contribution < 1.29 is 9.32 Å². The van der Waals surface area contributed by atoms with Crippen LogP contribution in [0.2, 0.25) is 0 Å². The fourth-order valence-corrected chi connectivity index (χ4v) is 3.08. The molecular weight excluding hydrogens is 326 g/mol. The van der Waals surface area contributed by atoms with Crippen molar-refractivity contribution in [3.8, 4) is 11.3 Å². The molecule has 0 bridgehead atoms. The summed E-state index contributed by atoms with van der Waals surface area (Å²) in [5.41, 5.74) is 3.97. The molecule has 26 heavy (non-hydrogen) atoms. The van der Waals surface area contributed by atoms with Crippen molar-refractivity contribution in [3.63, 3.8) is 0 Å². The first-order valence-electron chi connectivity index (χ1n) is 8.33. The van der Waals surface area contributed by atoms with Crippen molar-refractivity contribution >= 4 is 22.6 Å². The Kier molecular flexibility index (Phi) is 3.97. The van der Waals surface area contributed by atoms with E-state index in [-0.39, 0.29) is 5.91 Å². The number of nitrogens with one attached hydrogen (secondary N) is 1. The first-order chi connectivity index (χ1) is 12.6. The van der Waals surface area contributed by atoms with Gasteiger partial charge in [0.2, 0.25) is 0 Å². The molecule has 4 rings (SSSR count). The number of aromatic nitrogens is 2. The van der Waals surface area contributed by atoms with E-state index in [1.165, 1.54) is 0 Å². The normalized spacial score (nSPS) is 10.8. The monoisotopic (exact) mass is 343 g/mol. The van der Waals surface area contributed by atoms with Gasteiger partial charge in [0.1, 0.15) is 5.76 Å². The number of carbonyl (C=O) groups excluding carboxylic acids is 1. The Morgan fingerprint density at radius 1 is 1.00 bits per heavy atom. The van der Waals surface area contributed by atoms with E-state index < -0.39 is 0 Å². The summed E-state index contributed by atoms with van der Waals surface area (Å²) in [6.45, 7) is 3.70. The van der Waals surface area contributed by atoms with E-state index in [4.69, 9.17) is 9.51 Å². The minimum Gasteiger partial charge on any atom is -0.360 e. The highest BCUT2D eigenvalue weighted by Gasteiger charge is 2.19. The van der Waals surface area contributed by atoms with Crippen LogP contribution in [0.15, 0.2) is 65.2 Å². The number of aryl methyl sites for hydroxylation is 1. The molecular formula is C21H17N3O2. The highest BCUT2D eigenvalue weighted by atomic mass is 16.5. The van der Waals surface area contributed by atoms with E-state index >= 15 is 0 Å². The molecule has 0 spiro atoms. The molecule has 0 aliphatic rings. The van der Waals surface area contributed by atoms with Gasteiger partial charge in [-0.3, -0.25) is 4.79 Å². The number of hydrogen-bond acceptors (Lipinski definition) is 4. The fourth-order valence-electron chi connectivity index (χ4n) is 3.08.